The minimum atomic E-state index is -0.280. The predicted molar refractivity (Wildman–Crippen MR) is 71.9 cm³/mol. The fourth-order valence-electron chi connectivity index (χ4n) is 1.88. The molecule has 18 heavy (non-hydrogen) atoms. The number of azide groups is 1. The highest BCUT2D eigenvalue weighted by Gasteiger charge is 2.19. The fraction of sp³-hybridized carbons (Fsp3) is 0.538. The Hall–Kier alpha value is -1.55. The molecule has 5 heteroatoms. The Morgan fingerprint density at radius 1 is 1.39 bits per heavy atom. The van der Waals surface area contributed by atoms with Crippen LogP contribution in [0.2, 0.25) is 0 Å². The zero-order valence-electron chi connectivity index (χ0n) is 10.6. The van der Waals surface area contributed by atoms with Crippen LogP contribution in [0.1, 0.15) is 18.9 Å². The van der Waals surface area contributed by atoms with Crippen molar-refractivity contribution in [2.24, 2.45) is 16.8 Å². The predicted octanol–water partition coefficient (Wildman–Crippen LogP) is 2.25. The molecule has 0 unspecified atom stereocenters. The Morgan fingerprint density at radius 3 is 2.61 bits per heavy atom. The summed E-state index contributed by atoms with van der Waals surface area (Å²) in [5, 5.41) is 12.8. The molecule has 0 radical (unpaired) electrons. The Labute approximate surface area is 107 Å². The average molecular weight is 248 g/mol. The van der Waals surface area contributed by atoms with E-state index in [1.54, 1.807) is 0 Å². The molecular formula is C13H20N4O. The zero-order valence-corrected chi connectivity index (χ0v) is 10.6. The number of benzene rings is 1. The summed E-state index contributed by atoms with van der Waals surface area (Å²) in [5.74, 6) is 0.0855. The van der Waals surface area contributed by atoms with Crippen molar-refractivity contribution in [3.05, 3.63) is 46.3 Å². The van der Waals surface area contributed by atoms with Gasteiger partial charge in [-0.25, -0.2) is 0 Å². The number of hydrogen-bond donors (Lipinski definition) is 2. The van der Waals surface area contributed by atoms with E-state index in [2.05, 4.69) is 10.0 Å². The van der Waals surface area contributed by atoms with Crippen molar-refractivity contribution in [2.45, 2.75) is 31.8 Å². The second kappa shape index (κ2) is 7.71. The van der Waals surface area contributed by atoms with Crippen molar-refractivity contribution in [3.8, 4) is 0 Å². The molecule has 0 aliphatic heterocycles. The molecule has 1 aromatic carbocycles. The normalized spacial score (nSPS) is 15.5. The van der Waals surface area contributed by atoms with Crippen LogP contribution in [0, 0.1) is 5.92 Å². The molecule has 1 rings (SSSR count). The lowest BCUT2D eigenvalue weighted by Gasteiger charge is -2.21. The summed E-state index contributed by atoms with van der Waals surface area (Å²) in [4.78, 5) is 2.85. The monoisotopic (exact) mass is 248 g/mol. The van der Waals surface area contributed by atoms with E-state index >= 15 is 0 Å². The first-order valence-electron chi connectivity index (χ1n) is 6.12. The number of aliphatic hydroxyl groups is 1. The molecule has 0 spiro atoms. The first-order chi connectivity index (χ1) is 8.67. The first-order valence-corrected chi connectivity index (χ1v) is 6.12. The van der Waals surface area contributed by atoms with Crippen molar-refractivity contribution in [1.82, 2.24) is 0 Å². The van der Waals surface area contributed by atoms with Gasteiger partial charge in [0.15, 0.2) is 0 Å². The van der Waals surface area contributed by atoms with Crippen molar-refractivity contribution in [1.29, 1.82) is 0 Å². The summed E-state index contributed by atoms with van der Waals surface area (Å²) < 4.78 is 0. The molecule has 0 saturated carbocycles. The van der Waals surface area contributed by atoms with Crippen LogP contribution in [-0.2, 0) is 6.42 Å². The van der Waals surface area contributed by atoms with E-state index in [1.165, 1.54) is 0 Å². The topological polar surface area (TPSA) is 95.0 Å². The highest BCUT2D eigenvalue weighted by Crippen LogP contribution is 2.14. The van der Waals surface area contributed by atoms with Crippen molar-refractivity contribution < 1.29 is 5.11 Å². The molecule has 0 bridgehead atoms. The second-order valence-electron chi connectivity index (χ2n) is 4.65. The largest absolute Gasteiger partial charge is 0.396 e. The van der Waals surface area contributed by atoms with E-state index in [9.17, 15) is 0 Å². The number of nitrogens with two attached hydrogens (primary N) is 1. The van der Waals surface area contributed by atoms with E-state index < -0.39 is 0 Å². The van der Waals surface area contributed by atoms with Crippen LogP contribution in [0.4, 0.5) is 0 Å². The van der Waals surface area contributed by atoms with Crippen LogP contribution in [0.5, 0.6) is 0 Å². The van der Waals surface area contributed by atoms with E-state index in [0.29, 0.717) is 12.8 Å². The maximum atomic E-state index is 9.05. The molecule has 98 valence electrons. The smallest absolute Gasteiger partial charge is 0.0531 e. The van der Waals surface area contributed by atoms with Gasteiger partial charge >= 0.3 is 0 Å². The molecule has 0 amide bonds. The van der Waals surface area contributed by atoms with Crippen LogP contribution >= 0.6 is 0 Å². The van der Waals surface area contributed by atoms with Crippen LogP contribution in [0.3, 0.4) is 0 Å². The van der Waals surface area contributed by atoms with Gasteiger partial charge in [-0.15, -0.1) is 0 Å². The molecule has 0 fully saturated rings. The molecule has 0 aliphatic rings. The van der Waals surface area contributed by atoms with Gasteiger partial charge in [0.05, 0.1) is 6.04 Å². The van der Waals surface area contributed by atoms with Gasteiger partial charge in [-0.1, -0.05) is 42.4 Å². The molecule has 5 nitrogen and oxygen atoms in total. The Morgan fingerprint density at radius 2 is 2.06 bits per heavy atom. The molecular weight excluding hydrogens is 228 g/mol. The van der Waals surface area contributed by atoms with Crippen molar-refractivity contribution in [3.63, 3.8) is 0 Å². The lowest BCUT2D eigenvalue weighted by atomic mass is 9.93. The first kappa shape index (κ1) is 14.5. The van der Waals surface area contributed by atoms with Gasteiger partial charge < -0.3 is 10.8 Å². The summed E-state index contributed by atoms with van der Waals surface area (Å²) in [7, 11) is 0. The second-order valence-corrected chi connectivity index (χ2v) is 4.65. The molecule has 0 saturated heterocycles. The molecule has 1 aromatic rings. The van der Waals surface area contributed by atoms with Gasteiger partial charge in [-0.3, -0.25) is 0 Å². The number of rotatable bonds is 7. The van der Waals surface area contributed by atoms with Crippen LogP contribution in [0.15, 0.2) is 35.4 Å². The summed E-state index contributed by atoms with van der Waals surface area (Å²) in [6.07, 6.45) is 1.28. The summed E-state index contributed by atoms with van der Waals surface area (Å²) in [6.45, 7) is 1.99. The van der Waals surface area contributed by atoms with E-state index in [0.717, 1.165) is 5.56 Å². The van der Waals surface area contributed by atoms with Gasteiger partial charge in [0, 0.05) is 17.6 Å². The van der Waals surface area contributed by atoms with E-state index in [4.69, 9.17) is 16.4 Å². The van der Waals surface area contributed by atoms with E-state index in [-0.39, 0.29) is 24.6 Å². The Balaban J connectivity index is 2.65. The fourth-order valence-corrected chi connectivity index (χ4v) is 1.88. The summed E-state index contributed by atoms with van der Waals surface area (Å²) in [6, 6.07) is 9.37. The Bertz CT molecular complexity index is 389. The minimum absolute atomic E-state index is 0.0789. The third-order valence-electron chi connectivity index (χ3n) is 2.96. The lowest BCUT2D eigenvalue weighted by Crippen LogP contribution is -2.36. The lowest BCUT2D eigenvalue weighted by molar-refractivity contribution is 0.219. The summed E-state index contributed by atoms with van der Waals surface area (Å²) in [5.41, 5.74) is 15.8. The molecule has 0 aliphatic carbocycles. The van der Waals surface area contributed by atoms with Gasteiger partial charge in [0.25, 0.3) is 0 Å². The quantitative estimate of drug-likeness (QED) is 0.440. The van der Waals surface area contributed by atoms with Crippen molar-refractivity contribution in [2.75, 3.05) is 6.61 Å². The highest BCUT2D eigenvalue weighted by atomic mass is 16.3. The van der Waals surface area contributed by atoms with Crippen molar-refractivity contribution >= 4 is 0 Å². The number of nitrogens with zero attached hydrogens (tertiary/aromatic N) is 3. The molecule has 3 N–H and O–H groups in total. The highest BCUT2D eigenvalue weighted by molar-refractivity contribution is 5.16. The standard InChI is InChI=1S/C13H20N4O/c1-10(9-18)7-13(16-17-15)12(14)8-11-5-3-2-4-6-11/h2-6,10,12-13,18H,7-9,14H2,1H3/t10-,12+,13+/m1/s1. The summed E-state index contributed by atoms with van der Waals surface area (Å²) >= 11 is 0. The third kappa shape index (κ3) is 4.75. The average Bonchev–Trinajstić information content (AvgIpc) is 2.39. The molecule has 0 aromatic heterocycles. The Kier molecular flexibility index (Phi) is 6.22. The SMILES string of the molecule is C[C@@H](CO)C[C@H](N=[N+]=[N-])[C@@H](N)Cc1ccccc1. The maximum absolute atomic E-state index is 9.05. The van der Waals surface area contributed by atoms with E-state index in [1.807, 2.05) is 37.3 Å². The maximum Gasteiger partial charge on any atom is 0.0531 e. The van der Waals surface area contributed by atoms with Gasteiger partial charge in [0.1, 0.15) is 0 Å². The van der Waals surface area contributed by atoms with Crippen LogP contribution in [-0.4, -0.2) is 23.8 Å². The molecule has 3 atom stereocenters. The number of aliphatic hydroxyl groups excluding tert-OH is 1. The van der Waals surface area contributed by atoms with Gasteiger partial charge in [0.2, 0.25) is 0 Å². The van der Waals surface area contributed by atoms with Crippen LogP contribution in [0.25, 0.3) is 10.4 Å². The molecule has 0 heterocycles. The van der Waals surface area contributed by atoms with Gasteiger partial charge in [-0.05, 0) is 29.9 Å². The number of hydrogen-bond acceptors (Lipinski definition) is 3. The minimum Gasteiger partial charge on any atom is -0.396 e. The van der Waals surface area contributed by atoms with Crippen LogP contribution < -0.4 is 5.73 Å². The van der Waals surface area contributed by atoms with Gasteiger partial charge in [-0.2, -0.15) is 0 Å². The zero-order chi connectivity index (χ0) is 13.4. The third-order valence-corrected chi connectivity index (χ3v) is 2.96.